The van der Waals surface area contributed by atoms with Gasteiger partial charge in [-0.2, -0.15) is 0 Å². The van der Waals surface area contributed by atoms with Crippen molar-refractivity contribution in [3.63, 3.8) is 0 Å². The SMILES string of the molecule is Cc1ccc(C(=O)NCCN2C(=O)S/C(=C\c3ccc(Cl)cc3Cl)C2=O)c(=O)[nH]1. The third-order valence-electron chi connectivity index (χ3n) is 4.04. The average molecular weight is 452 g/mol. The van der Waals surface area contributed by atoms with Gasteiger partial charge in [0.2, 0.25) is 0 Å². The van der Waals surface area contributed by atoms with Crippen LogP contribution in [0.25, 0.3) is 6.08 Å². The lowest BCUT2D eigenvalue weighted by Gasteiger charge is -2.13. The third kappa shape index (κ3) is 4.90. The molecule has 0 aliphatic carbocycles. The molecule has 10 heteroatoms. The molecule has 1 aromatic heterocycles. The second kappa shape index (κ2) is 8.86. The summed E-state index contributed by atoms with van der Waals surface area (Å²) < 4.78 is 0. The van der Waals surface area contributed by atoms with Crippen LogP contribution in [0.4, 0.5) is 4.79 Å². The van der Waals surface area contributed by atoms with E-state index >= 15 is 0 Å². The topological polar surface area (TPSA) is 99.3 Å². The van der Waals surface area contributed by atoms with Gasteiger partial charge in [-0.1, -0.05) is 29.3 Å². The smallest absolute Gasteiger partial charge is 0.293 e. The van der Waals surface area contributed by atoms with Crippen molar-refractivity contribution in [2.75, 3.05) is 13.1 Å². The molecule has 1 aliphatic heterocycles. The first-order valence-electron chi connectivity index (χ1n) is 8.45. The van der Waals surface area contributed by atoms with Crippen molar-refractivity contribution >= 4 is 58.1 Å². The minimum Gasteiger partial charge on any atom is -0.350 e. The molecule has 0 atom stereocenters. The third-order valence-corrected chi connectivity index (χ3v) is 5.51. The Bertz CT molecular complexity index is 1100. The maximum atomic E-state index is 12.5. The fourth-order valence-corrected chi connectivity index (χ4v) is 3.90. The number of imide groups is 1. The van der Waals surface area contributed by atoms with Crippen molar-refractivity contribution < 1.29 is 14.4 Å². The first kappa shape index (κ1) is 21.2. The van der Waals surface area contributed by atoms with Crippen LogP contribution in [-0.2, 0) is 4.79 Å². The molecule has 2 heterocycles. The molecule has 1 fully saturated rings. The molecule has 1 aromatic carbocycles. The van der Waals surface area contributed by atoms with Crippen LogP contribution in [0.2, 0.25) is 10.0 Å². The minimum absolute atomic E-state index is 0.0131. The summed E-state index contributed by atoms with van der Waals surface area (Å²) in [6.45, 7) is 1.69. The van der Waals surface area contributed by atoms with Gasteiger partial charge in [-0.15, -0.1) is 0 Å². The minimum atomic E-state index is -0.582. The molecular weight excluding hydrogens is 437 g/mol. The standard InChI is InChI=1S/C19H15Cl2N3O4S/c1-10-2-5-13(17(26)23-10)16(25)22-6-7-24-18(27)15(29-19(24)28)8-11-3-4-12(20)9-14(11)21/h2-5,8-9H,6-7H2,1H3,(H,22,25)(H,23,26)/b15-8-. The van der Waals surface area contributed by atoms with Gasteiger partial charge in [0, 0.05) is 28.8 Å². The maximum Gasteiger partial charge on any atom is 0.293 e. The number of aryl methyl sites for hydroxylation is 1. The number of hydrogen-bond acceptors (Lipinski definition) is 5. The molecule has 150 valence electrons. The lowest BCUT2D eigenvalue weighted by molar-refractivity contribution is -0.122. The number of aromatic nitrogens is 1. The van der Waals surface area contributed by atoms with Crippen LogP contribution in [-0.4, -0.2) is 40.0 Å². The largest absolute Gasteiger partial charge is 0.350 e. The molecule has 0 bridgehead atoms. The van der Waals surface area contributed by atoms with Gasteiger partial charge in [0.25, 0.3) is 22.6 Å². The summed E-state index contributed by atoms with van der Waals surface area (Å²) in [4.78, 5) is 52.4. The zero-order chi connectivity index (χ0) is 21.1. The number of nitrogens with zero attached hydrogens (tertiary/aromatic N) is 1. The molecule has 1 saturated heterocycles. The molecule has 3 amide bonds. The number of amides is 3. The highest BCUT2D eigenvalue weighted by atomic mass is 35.5. The molecule has 0 spiro atoms. The molecule has 2 aromatic rings. The molecular formula is C19H15Cl2N3O4S. The van der Waals surface area contributed by atoms with Crippen LogP contribution < -0.4 is 10.9 Å². The van der Waals surface area contributed by atoms with E-state index in [4.69, 9.17) is 23.2 Å². The van der Waals surface area contributed by atoms with Crippen LogP contribution in [0.3, 0.4) is 0 Å². The number of aromatic amines is 1. The van der Waals surface area contributed by atoms with Crippen molar-refractivity contribution in [1.29, 1.82) is 0 Å². The van der Waals surface area contributed by atoms with Crippen molar-refractivity contribution in [3.05, 3.63) is 72.5 Å². The molecule has 2 N–H and O–H groups in total. The van der Waals surface area contributed by atoms with Gasteiger partial charge in [-0.25, -0.2) is 0 Å². The van der Waals surface area contributed by atoms with Crippen molar-refractivity contribution in [3.8, 4) is 0 Å². The molecule has 29 heavy (non-hydrogen) atoms. The van der Waals surface area contributed by atoms with Gasteiger partial charge in [-0.3, -0.25) is 24.1 Å². The van der Waals surface area contributed by atoms with E-state index < -0.39 is 22.6 Å². The van der Waals surface area contributed by atoms with Gasteiger partial charge < -0.3 is 10.3 Å². The van der Waals surface area contributed by atoms with Crippen LogP contribution in [0.1, 0.15) is 21.6 Å². The second-order valence-electron chi connectivity index (χ2n) is 6.14. The number of halogens is 2. The van der Waals surface area contributed by atoms with Gasteiger partial charge in [0.1, 0.15) is 5.56 Å². The Kier molecular flexibility index (Phi) is 6.46. The number of benzene rings is 1. The number of thioether (sulfide) groups is 1. The molecule has 7 nitrogen and oxygen atoms in total. The second-order valence-corrected chi connectivity index (χ2v) is 7.98. The normalized spacial score (nSPS) is 15.3. The van der Waals surface area contributed by atoms with E-state index in [1.165, 1.54) is 12.1 Å². The lowest BCUT2D eigenvalue weighted by atomic mass is 10.2. The fraction of sp³-hybridized carbons (Fsp3) is 0.158. The first-order valence-corrected chi connectivity index (χ1v) is 10.0. The highest BCUT2D eigenvalue weighted by Crippen LogP contribution is 2.33. The highest BCUT2D eigenvalue weighted by Gasteiger charge is 2.34. The summed E-state index contributed by atoms with van der Waals surface area (Å²) in [6.07, 6.45) is 1.52. The van der Waals surface area contributed by atoms with Crippen LogP contribution in [0, 0.1) is 6.92 Å². The maximum absolute atomic E-state index is 12.5. The Balaban J connectivity index is 1.64. The Morgan fingerprint density at radius 3 is 2.66 bits per heavy atom. The van der Waals surface area contributed by atoms with Gasteiger partial charge in [0.15, 0.2) is 0 Å². The van der Waals surface area contributed by atoms with Gasteiger partial charge >= 0.3 is 0 Å². The predicted molar refractivity (Wildman–Crippen MR) is 113 cm³/mol. The summed E-state index contributed by atoms with van der Waals surface area (Å²) in [5, 5.41) is 2.91. The van der Waals surface area contributed by atoms with E-state index in [2.05, 4.69) is 10.3 Å². The summed E-state index contributed by atoms with van der Waals surface area (Å²) in [7, 11) is 0. The zero-order valence-corrected chi connectivity index (χ0v) is 17.5. The van der Waals surface area contributed by atoms with E-state index in [0.29, 0.717) is 21.3 Å². The van der Waals surface area contributed by atoms with Crippen LogP contribution in [0.5, 0.6) is 0 Å². The van der Waals surface area contributed by atoms with Crippen LogP contribution >= 0.6 is 35.0 Å². The summed E-state index contributed by atoms with van der Waals surface area (Å²) in [5.41, 5.74) is 0.656. The van der Waals surface area contributed by atoms with E-state index in [1.807, 2.05) is 0 Å². The van der Waals surface area contributed by atoms with E-state index in [-0.39, 0.29) is 23.6 Å². The Morgan fingerprint density at radius 1 is 1.21 bits per heavy atom. The average Bonchev–Trinajstić information content (AvgIpc) is 2.91. The van der Waals surface area contributed by atoms with E-state index in [0.717, 1.165) is 16.7 Å². The fourth-order valence-electron chi connectivity index (χ4n) is 2.58. The quantitative estimate of drug-likeness (QED) is 0.677. The molecule has 0 unspecified atom stereocenters. The number of pyridine rings is 1. The number of hydrogen-bond donors (Lipinski definition) is 2. The number of carbonyl (C=O) groups excluding carboxylic acids is 3. The Labute approximate surface area is 180 Å². The number of H-pyrrole nitrogens is 1. The first-order chi connectivity index (χ1) is 13.8. The summed E-state index contributed by atoms with van der Waals surface area (Å²) >= 11 is 12.7. The Hall–Kier alpha value is -2.55. The lowest BCUT2D eigenvalue weighted by Crippen LogP contribution is -2.38. The van der Waals surface area contributed by atoms with Crippen molar-refractivity contribution in [2.45, 2.75) is 6.92 Å². The zero-order valence-electron chi connectivity index (χ0n) is 15.1. The molecule has 3 rings (SSSR count). The van der Waals surface area contributed by atoms with E-state index in [1.54, 1.807) is 31.2 Å². The van der Waals surface area contributed by atoms with Crippen molar-refractivity contribution in [1.82, 2.24) is 15.2 Å². The van der Waals surface area contributed by atoms with Gasteiger partial charge in [-0.05, 0) is 54.6 Å². The number of carbonyl (C=O) groups is 3. The highest BCUT2D eigenvalue weighted by molar-refractivity contribution is 8.18. The van der Waals surface area contributed by atoms with Gasteiger partial charge in [0.05, 0.1) is 4.91 Å². The molecule has 0 radical (unpaired) electrons. The molecule has 1 aliphatic rings. The predicted octanol–water partition coefficient (Wildman–Crippen LogP) is 3.46. The van der Waals surface area contributed by atoms with E-state index in [9.17, 15) is 19.2 Å². The number of nitrogens with one attached hydrogen (secondary N) is 2. The van der Waals surface area contributed by atoms with Crippen molar-refractivity contribution in [2.24, 2.45) is 0 Å². The number of rotatable bonds is 5. The monoisotopic (exact) mass is 451 g/mol. The summed E-state index contributed by atoms with van der Waals surface area (Å²) in [6, 6.07) is 7.85. The van der Waals surface area contributed by atoms with Crippen LogP contribution in [0.15, 0.2) is 40.0 Å². The molecule has 0 saturated carbocycles. The Morgan fingerprint density at radius 2 is 1.97 bits per heavy atom. The summed E-state index contributed by atoms with van der Waals surface area (Å²) in [5.74, 6) is -1.06.